The van der Waals surface area contributed by atoms with Gasteiger partial charge in [-0.05, 0) is 45.4 Å². The van der Waals surface area contributed by atoms with Crippen LogP contribution in [0.5, 0.6) is 0 Å². The molecular formula is C22H27ClN2O5. The summed E-state index contributed by atoms with van der Waals surface area (Å²) in [5.74, 6) is -1.17. The summed E-state index contributed by atoms with van der Waals surface area (Å²) in [4.78, 5) is 43.1. The lowest BCUT2D eigenvalue weighted by Crippen LogP contribution is -2.45. The molecule has 1 unspecified atom stereocenters. The summed E-state index contributed by atoms with van der Waals surface area (Å²) in [5.41, 5.74) is 1.97. The summed E-state index contributed by atoms with van der Waals surface area (Å²) < 4.78 is 10.2. The minimum absolute atomic E-state index is 0.209. The zero-order chi connectivity index (χ0) is 22.4. The number of H-pyrrole nitrogens is 1. The Labute approximate surface area is 181 Å². The van der Waals surface area contributed by atoms with E-state index in [4.69, 9.17) is 21.1 Å². The van der Waals surface area contributed by atoms with Crippen LogP contribution < -0.4 is 0 Å². The number of nitrogens with one attached hydrogen (secondary N) is 1. The maximum absolute atomic E-state index is 13.4. The monoisotopic (exact) mass is 434 g/mol. The Bertz CT molecular complexity index is 938. The summed E-state index contributed by atoms with van der Waals surface area (Å²) in [6.45, 7) is 7.46. The second-order valence-corrected chi connectivity index (χ2v) is 7.26. The molecule has 0 aliphatic carbocycles. The first-order chi connectivity index (χ1) is 14.2. The van der Waals surface area contributed by atoms with Crippen LogP contribution >= 0.6 is 11.6 Å². The van der Waals surface area contributed by atoms with Gasteiger partial charge in [-0.1, -0.05) is 23.7 Å². The maximum atomic E-state index is 13.4. The van der Waals surface area contributed by atoms with Crippen molar-refractivity contribution < 1.29 is 23.9 Å². The van der Waals surface area contributed by atoms with Gasteiger partial charge in [0, 0.05) is 24.9 Å². The molecule has 0 saturated carbocycles. The number of methoxy groups -OCH3 is 1. The number of rotatable bonds is 9. The van der Waals surface area contributed by atoms with Crippen LogP contribution in [-0.4, -0.2) is 60.5 Å². The molecule has 1 N–H and O–H groups in total. The first-order valence-corrected chi connectivity index (χ1v) is 10.1. The van der Waals surface area contributed by atoms with Crippen molar-refractivity contribution in [2.45, 2.75) is 33.7 Å². The predicted molar refractivity (Wildman–Crippen MR) is 114 cm³/mol. The van der Waals surface area contributed by atoms with Gasteiger partial charge in [-0.25, -0.2) is 4.79 Å². The topological polar surface area (TPSA) is 88.7 Å². The second-order valence-electron chi connectivity index (χ2n) is 6.86. The van der Waals surface area contributed by atoms with E-state index in [2.05, 4.69) is 4.98 Å². The van der Waals surface area contributed by atoms with E-state index in [0.29, 0.717) is 27.4 Å². The van der Waals surface area contributed by atoms with Gasteiger partial charge in [0.05, 0.1) is 29.8 Å². The number of hydrogen-bond donors (Lipinski definition) is 1. The van der Waals surface area contributed by atoms with Crippen molar-refractivity contribution in [3.8, 4) is 0 Å². The molecule has 0 bridgehead atoms. The van der Waals surface area contributed by atoms with Crippen molar-refractivity contribution in [3.05, 3.63) is 57.4 Å². The molecular weight excluding hydrogens is 408 g/mol. The number of aryl methyl sites for hydroxylation is 1. The lowest BCUT2D eigenvalue weighted by molar-refractivity contribution is 0.0518. The standard InChI is InChI=1S/C22H27ClN2O5/c1-6-30-22(28)19-13(2)18(14(3)24-19)20(26)15(4)25(11-12-29-5)21(27)16-9-7-8-10-17(16)23/h7-10,15,24H,6,11-12H2,1-5H3. The average Bonchev–Trinajstić information content (AvgIpc) is 3.02. The van der Waals surface area contributed by atoms with Crippen LogP contribution in [0.15, 0.2) is 24.3 Å². The number of carbonyl (C=O) groups is 3. The van der Waals surface area contributed by atoms with Crippen molar-refractivity contribution in [2.75, 3.05) is 26.9 Å². The van der Waals surface area contributed by atoms with Gasteiger partial charge in [0.1, 0.15) is 5.69 Å². The minimum atomic E-state index is -0.799. The van der Waals surface area contributed by atoms with Gasteiger partial charge in [-0.3, -0.25) is 9.59 Å². The molecule has 0 radical (unpaired) electrons. The third kappa shape index (κ3) is 4.91. The fraction of sp³-hybridized carbons (Fsp3) is 0.409. The number of esters is 1. The number of halogens is 1. The van der Waals surface area contributed by atoms with Gasteiger partial charge in [0.15, 0.2) is 5.78 Å². The summed E-state index contributed by atoms with van der Waals surface area (Å²) in [5, 5.41) is 0.308. The smallest absolute Gasteiger partial charge is 0.355 e. The second kappa shape index (κ2) is 10.4. The lowest BCUT2D eigenvalue weighted by atomic mass is 9.99. The fourth-order valence-electron chi connectivity index (χ4n) is 3.33. The van der Waals surface area contributed by atoms with Crippen molar-refractivity contribution in [2.24, 2.45) is 0 Å². The van der Waals surface area contributed by atoms with E-state index in [-0.39, 0.29) is 37.1 Å². The number of amides is 1. The molecule has 162 valence electrons. The van der Waals surface area contributed by atoms with Crippen molar-refractivity contribution in [1.82, 2.24) is 9.88 Å². The Morgan fingerprint density at radius 3 is 2.47 bits per heavy atom. The van der Waals surface area contributed by atoms with Gasteiger partial charge < -0.3 is 19.4 Å². The highest BCUT2D eigenvalue weighted by molar-refractivity contribution is 6.33. The Hall–Kier alpha value is -2.64. The van der Waals surface area contributed by atoms with Crippen LogP contribution in [0.4, 0.5) is 0 Å². The first-order valence-electron chi connectivity index (χ1n) is 9.69. The highest BCUT2D eigenvalue weighted by atomic mass is 35.5. The SMILES string of the molecule is CCOC(=O)c1[nH]c(C)c(C(=O)C(C)N(CCOC)C(=O)c2ccccc2Cl)c1C. The fourth-order valence-corrected chi connectivity index (χ4v) is 3.54. The quantitative estimate of drug-likeness (QED) is 0.478. The molecule has 0 aliphatic rings. The molecule has 8 heteroatoms. The number of aromatic nitrogens is 1. The highest BCUT2D eigenvalue weighted by Crippen LogP contribution is 2.24. The molecule has 2 rings (SSSR count). The van der Waals surface area contributed by atoms with Crippen LogP contribution in [0.25, 0.3) is 0 Å². The molecule has 0 saturated heterocycles. The third-order valence-electron chi connectivity index (χ3n) is 4.91. The van der Waals surface area contributed by atoms with E-state index in [1.54, 1.807) is 52.0 Å². The van der Waals surface area contributed by atoms with Gasteiger partial charge in [-0.2, -0.15) is 0 Å². The van der Waals surface area contributed by atoms with Crippen LogP contribution in [-0.2, 0) is 9.47 Å². The molecule has 1 atom stereocenters. The molecule has 1 heterocycles. The summed E-state index contributed by atoms with van der Waals surface area (Å²) in [6.07, 6.45) is 0. The Morgan fingerprint density at radius 1 is 1.20 bits per heavy atom. The third-order valence-corrected chi connectivity index (χ3v) is 5.24. The molecule has 1 aromatic carbocycles. The molecule has 1 amide bonds. The van der Waals surface area contributed by atoms with Crippen LogP contribution in [0.2, 0.25) is 5.02 Å². The normalized spacial score (nSPS) is 11.8. The number of aromatic amines is 1. The zero-order valence-corrected chi connectivity index (χ0v) is 18.6. The van der Waals surface area contributed by atoms with Crippen molar-refractivity contribution in [3.63, 3.8) is 0 Å². The largest absolute Gasteiger partial charge is 0.461 e. The number of Topliss-reactive ketones (excluding diaryl/α,β-unsaturated/α-hetero) is 1. The Kier molecular flexibility index (Phi) is 8.20. The first kappa shape index (κ1) is 23.6. The molecule has 0 spiro atoms. The van der Waals surface area contributed by atoms with Crippen molar-refractivity contribution in [1.29, 1.82) is 0 Å². The molecule has 30 heavy (non-hydrogen) atoms. The minimum Gasteiger partial charge on any atom is -0.461 e. The number of nitrogens with zero attached hydrogens (tertiary/aromatic N) is 1. The van der Waals surface area contributed by atoms with Gasteiger partial charge in [0.2, 0.25) is 0 Å². The number of benzene rings is 1. The van der Waals surface area contributed by atoms with E-state index in [1.165, 1.54) is 12.0 Å². The lowest BCUT2D eigenvalue weighted by Gasteiger charge is -2.29. The Morgan fingerprint density at radius 2 is 1.87 bits per heavy atom. The molecule has 0 fully saturated rings. The molecule has 1 aromatic heterocycles. The number of ether oxygens (including phenoxy) is 2. The van der Waals surface area contributed by atoms with E-state index < -0.39 is 12.0 Å². The van der Waals surface area contributed by atoms with E-state index >= 15 is 0 Å². The number of carbonyl (C=O) groups excluding carboxylic acids is 3. The number of hydrogen-bond acceptors (Lipinski definition) is 5. The summed E-state index contributed by atoms with van der Waals surface area (Å²) in [7, 11) is 1.52. The number of ketones is 1. The van der Waals surface area contributed by atoms with Crippen LogP contribution in [0.3, 0.4) is 0 Å². The van der Waals surface area contributed by atoms with E-state index in [9.17, 15) is 14.4 Å². The average molecular weight is 435 g/mol. The predicted octanol–water partition coefficient (Wildman–Crippen LogP) is 3.82. The van der Waals surface area contributed by atoms with Gasteiger partial charge in [-0.15, -0.1) is 0 Å². The van der Waals surface area contributed by atoms with E-state index in [0.717, 1.165) is 0 Å². The summed E-state index contributed by atoms with van der Waals surface area (Å²) in [6, 6.07) is 5.89. The van der Waals surface area contributed by atoms with Crippen LogP contribution in [0.1, 0.15) is 56.3 Å². The highest BCUT2D eigenvalue weighted by Gasteiger charge is 2.32. The maximum Gasteiger partial charge on any atom is 0.355 e. The van der Waals surface area contributed by atoms with E-state index in [1.807, 2.05) is 0 Å². The van der Waals surface area contributed by atoms with Crippen molar-refractivity contribution >= 4 is 29.3 Å². The summed E-state index contributed by atoms with van der Waals surface area (Å²) >= 11 is 6.20. The zero-order valence-electron chi connectivity index (χ0n) is 17.9. The van der Waals surface area contributed by atoms with Gasteiger partial charge in [0.25, 0.3) is 5.91 Å². The van der Waals surface area contributed by atoms with Gasteiger partial charge >= 0.3 is 5.97 Å². The molecule has 7 nitrogen and oxygen atoms in total. The molecule has 2 aromatic rings. The van der Waals surface area contributed by atoms with Crippen LogP contribution in [0, 0.1) is 13.8 Å². The molecule has 0 aliphatic heterocycles. The Balaban J connectivity index is 2.40.